The van der Waals surface area contributed by atoms with Gasteiger partial charge >= 0.3 is 6.03 Å². The molecule has 2 rings (SSSR count). The number of nitrogens with one attached hydrogen (secondary N) is 2. The number of aliphatic hydroxyl groups excluding tert-OH is 1. The van der Waals surface area contributed by atoms with Crippen molar-refractivity contribution in [2.45, 2.75) is 26.8 Å². The Morgan fingerprint density at radius 3 is 2.54 bits per heavy atom. The van der Waals surface area contributed by atoms with E-state index in [2.05, 4.69) is 16.7 Å². The largest absolute Gasteiger partial charge is 0.497 e. The van der Waals surface area contributed by atoms with E-state index in [1.807, 2.05) is 44.2 Å². The lowest BCUT2D eigenvalue weighted by atomic mass is 9.90. The fraction of sp³-hybridized carbons (Fsp3) is 0.421. The molecule has 0 aliphatic rings. The van der Waals surface area contributed by atoms with Crippen molar-refractivity contribution in [2.75, 3.05) is 20.3 Å². The van der Waals surface area contributed by atoms with Crippen LogP contribution in [-0.4, -0.2) is 31.4 Å². The van der Waals surface area contributed by atoms with E-state index in [-0.39, 0.29) is 18.1 Å². The van der Waals surface area contributed by atoms with E-state index in [1.54, 1.807) is 7.11 Å². The van der Waals surface area contributed by atoms with Crippen molar-refractivity contribution in [1.29, 1.82) is 0 Å². The second-order valence-electron chi connectivity index (χ2n) is 6.72. The van der Waals surface area contributed by atoms with Crippen LogP contribution >= 0.6 is 0 Å². The minimum Gasteiger partial charge on any atom is -0.497 e. The molecule has 0 aromatic heterocycles. The molecule has 2 aromatic carbocycles. The Hall–Kier alpha value is -2.27. The number of amides is 2. The molecule has 0 aliphatic carbocycles. The molecule has 0 bridgehead atoms. The second kappa shape index (κ2) is 8.02. The summed E-state index contributed by atoms with van der Waals surface area (Å²) in [5, 5.41) is 16.9. The van der Waals surface area contributed by atoms with Crippen molar-refractivity contribution in [2.24, 2.45) is 5.41 Å². The van der Waals surface area contributed by atoms with Crippen LogP contribution < -0.4 is 15.4 Å². The zero-order chi connectivity index (χ0) is 17.6. The van der Waals surface area contributed by atoms with E-state index in [4.69, 9.17) is 9.84 Å². The molecule has 2 aromatic rings. The van der Waals surface area contributed by atoms with Gasteiger partial charge in [-0.25, -0.2) is 4.79 Å². The molecule has 0 saturated heterocycles. The number of fused-ring (bicyclic) bond motifs is 1. The normalized spacial score (nSPS) is 11.3. The summed E-state index contributed by atoms with van der Waals surface area (Å²) in [6.07, 6.45) is 0.654. The standard InChI is InChI=1S/C19H26N2O3/c1-19(2,8-9-22)13-21-18(23)20-12-14-4-5-16-11-17(24-3)7-6-15(16)10-14/h4-7,10-11,22H,8-9,12-13H2,1-3H3,(H2,20,21,23). The lowest BCUT2D eigenvalue weighted by molar-refractivity contribution is 0.201. The van der Waals surface area contributed by atoms with Crippen LogP contribution in [0.3, 0.4) is 0 Å². The van der Waals surface area contributed by atoms with Crippen molar-refractivity contribution in [1.82, 2.24) is 10.6 Å². The molecular formula is C19H26N2O3. The quantitative estimate of drug-likeness (QED) is 0.731. The summed E-state index contributed by atoms with van der Waals surface area (Å²) >= 11 is 0. The van der Waals surface area contributed by atoms with Gasteiger partial charge in [-0.05, 0) is 46.4 Å². The summed E-state index contributed by atoms with van der Waals surface area (Å²) in [4.78, 5) is 11.9. The second-order valence-corrected chi connectivity index (χ2v) is 6.72. The number of benzene rings is 2. The minimum absolute atomic E-state index is 0.117. The highest BCUT2D eigenvalue weighted by Crippen LogP contribution is 2.22. The van der Waals surface area contributed by atoms with E-state index in [0.29, 0.717) is 19.5 Å². The molecule has 0 saturated carbocycles. The molecule has 5 nitrogen and oxygen atoms in total. The Morgan fingerprint density at radius 2 is 1.83 bits per heavy atom. The maximum absolute atomic E-state index is 11.9. The van der Waals surface area contributed by atoms with Crippen LogP contribution in [0.4, 0.5) is 4.79 Å². The van der Waals surface area contributed by atoms with Gasteiger partial charge in [0.15, 0.2) is 0 Å². The molecule has 2 amide bonds. The number of rotatable bonds is 7. The third kappa shape index (κ3) is 5.13. The maximum Gasteiger partial charge on any atom is 0.315 e. The van der Waals surface area contributed by atoms with E-state index in [9.17, 15) is 4.79 Å². The van der Waals surface area contributed by atoms with Gasteiger partial charge in [0.2, 0.25) is 0 Å². The average molecular weight is 330 g/mol. The third-order valence-electron chi connectivity index (χ3n) is 4.08. The van der Waals surface area contributed by atoms with Gasteiger partial charge in [0.25, 0.3) is 0 Å². The lowest BCUT2D eigenvalue weighted by Gasteiger charge is -2.23. The average Bonchev–Trinajstić information content (AvgIpc) is 2.57. The van der Waals surface area contributed by atoms with Gasteiger partial charge in [-0.15, -0.1) is 0 Å². The van der Waals surface area contributed by atoms with Gasteiger partial charge in [0, 0.05) is 19.7 Å². The van der Waals surface area contributed by atoms with E-state index >= 15 is 0 Å². The van der Waals surface area contributed by atoms with Gasteiger partial charge in [-0.2, -0.15) is 0 Å². The van der Waals surface area contributed by atoms with Crippen molar-refractivity contribution < 1.29 is 14.6 Å². The lowest BCUT2D eigenvalue weighted by Crippen LogP contribution is -2.40. The molecular weight excluding hydrogens is 304 g/mol. The van der Waals surface area contributed by atoms with Crippen molar-refractivity contribution in [3.05, 3.63) is 42.0 Å². The van der Waals surface area contributed by atoms with E-state index in [0.717, 1.165) is 22.1 Å². The molecule has 0 atom stereocenters. The van der Waals surface area contributed by atoms with Crippen LogP contribution in [0.1, 0.15) is 25.8 Å². The number of aliphatic hydroxyl groups is 1. The predicted octanol–water partition coefficient (Wildman–Crippen LogP) is 3.06. The molecule has 5 heteroatoms. The Kier molecular flexibility index (Phi) is 6.04. The third-order valence-corrected chi connectivity index (χ3v) is 4.08. The highest BCUT2D eigenvalue weighted by atomic mass is 16.5. The smallest absolute Gasteiger partial charge is 0.315 e. The summed E-state index contributed by atoms with van der Waals surface area (Å²) in [5.74, 6) is 0.832. The Labute approximate surface area is 143 Å². The van der Waals surface area contributed by atoms with Gasteiger partial charge in [0.1, 0.15) is 5.75 Å². The van der Waals surface area contributed by atoms with E-state index in [1.165, 1.54) is 0 Å². The van der Waals surface area contributed by atoms with Crippen molar-refractivity contribution in [3.8, 4) is 5.75 Å². The van der Waals surface area contributed by atoms with Gasteiger partial charge in [-0.1, -0.05) is 32.0 Å². The molecule has 0 heterocycles. The predicted molar refractivity (Wildman–Crippen MR) is 96.2 cm³/mol. The molecule has 24 heavy (non-hydrogen) atoms. The summed E-state index contributed by atoms with van der Waals surface area (Å²) in [7, 11) is 1.65. The fourth-order valence-electron chi connectivity index (χ4n) is 2.47. The highest BCUT2D eigenvalue weighted by molar-refractivity contribution is 5.84. The topological polar surface area (TPSA) is 70.6 Å². The van der Waals surface area contributed by atoms with Gasteiger partial charge in [-0.3, -0.25) is 0 Å². The first-order chi connectivity index (χ1) is 11.4. The minimum atomic E-state index is -0.198. The molecule has 3 N–H and O–H groups in total. The Bertz CT molecular complexity index is 698. The van der Waals surface area contributed by atoms with Crippen LogP contribution in [0.15, 0.2) is 36.4 Å². The first-order valence-electron chi connectivity index (χ1n) is 8.13. The Balaban J connectivity index is 1.89. The summed E-state index contributed by atoms with van der Waals surface area (Å²) < 4.78 is 5.22. The number of methoxy groups -OCH3 is 1. The fourth-order valence-corrected chi connectivity index (χ4v) is 2.47. The van der Waals surface area contributed by atoms with Crippen LogP contribution in [0, 0.1) is 5.41 Å². The zero-order valence-corrected chi connectivity index (χ0v) is 14.6. The zero-order valence-electron chi connectivity index (χ0n) is 14.6. The highest BCUT2D eigenvalue weighted by Gasteiger charge is 2.17. The molecule has 0 radical (unpaired) electrons. The van der Waals surface area contributed by atoms with Crippen LogP contribution in [0.2, 0.25) is 0 Å². The number of hydrogen-bond donors (Lipinski definition) is 3. The van der Waals surface area contributed by atoms with Crippen LogP contribution in [0.25, 0.3) is 10.8 Å². The van der Waals surface area contributed by atoms with E-state index < -0.39 is 0 Å². The molecule has 0 spiro atoms. The van der Waals surface area contributed by atoms with Crippen molar-refractivity contribution in [3.63, 3.8) is 0 Å². The first kappa shape index (κ1) is 18.1. The number of ether oxygens (including phenoxy) is 1. The molecule has 130 valence electrons. The summed E-state index contributed by atoms with van der Waals surface area (Å²) in [6, 6.07) is 11.8. The monoisotopic (exact) mass is 330 g/mol. The maximum atomic E-state index is 11.9. The number of carbonyl (C=O) groups excluding carboxylic acids is 1. The number of urea groups is 1. The van der Waals surface area contributed by atoms with Gasteiger partial charge in [0.05, 0.1) is 7.11 Å². The first-order valence-corrected chi connectivity index (χ1v) is 8.13. The SMILES string of the molecule is COc1ccc2cc(CNC(=O)NCC(C)(C)CCO)ccc2c1. The van der Waals surface area contributed by atoms with Crippen LogP contribution in [0.5, 0.6) is 5.75 Å². The van der Waals surface area contributed by atoms with Crippen molar-refractivity contribution >= 4 is 16.8 Å². The Morgan fingerprint density at radius 1 is 1.12 bits per heavy atom. The molecule has 0 unspecified atom stereocenters. The van der Waals surface area contributed by atoms with Crippen LogP contribution in [-0.2, 0) is 6.54 Å². The molecule has 0 fully saturated rings. The molecule has 0 aliphatic heterocycles. The summed E-state index contributed by atoms with van der Waals surface area (Å²) in [6.45, 7) is 5.14. The number of carbonyl (C=O) groups is 1. The summed E-state index contributed by atoms with van der Waals surface area (Å²) in [5.41, 5.74) is 0.922. The number of hydrogen-bond acceptors (Lipinski definition) is 3. The van der Waals surface area contributed by atoms with Gasteiger partial charge < -0.3 is 20.5 Å².